The first-order valence-electron chi connectivity index (χ1n) is 9.10. The third kappa shape index (κ3) is 4.85. The van der Waals surface area contributed by atoms with E-state index in [4.69, 9.17) is 4.74 Å². The summed E-state index contributed by atoms with van der Waals surface area (Å²) >= 11 is 0. The van der Waals surface area contributed by atoms with Gasteiger partial charge in [0.15, 0.2) is 0 Å². The molecule has 2 amide bonds. The topological polar surface area (TPSA) is 58.6 Å². The molecule has 0 bridgehead atoms. The van der Waals surface area contributed by atoms with Crippen LogP contribution in [-0.4, -0.2) is 23.1 Å². The highest BCUT2D eigenvalue weighted by Crippen LogP contribution is 2.23. The molecule has 26 heavy (non-hydrogen) atoms. The molecule has 0 radical (unpaired) electrons. The first-order valence-corrected chi connectivity index (χ1v) is 9.10. The van der Waals surface area contributed by atoms with Gasteiger partial charge in [-0.3, -0.25) is 4.79 Å². The zero-order valence-electron chi connectivity index (χ0n) is 14.8. The molecule has 0 aliphatic heterocycles. The molecule has 2 aromatic carbocycles. The maximum atomic E-state index is 12.9. The van der Waals surface area contributed by atoms with Gasteiger partial charge >= 0.3 is 6.09 Å². The molecular weight excluding hydrogens is 328 g/mol. The fourth-order valence-electron chi connectivity index (χ4n) is 3.22. The van der Waals surface area contributed by atoms with Crippen LogP contribution >= 0.6 is 0 Å². The Labute approximate surface area is 153 Å². The predicted octanol–water partition coefficient (Wildman–Crippen LogP) is 4.30. The van der Waals surface area contributed by atoms with Gasteiger partial charge in [0.2, 0.25) is 0 Å². The van der Waals surface area contributed by atoms with E-state index in [0.29, 0.717) is 5.56 Å². The Kier molecular flexibility index (Phi) is 6.25. The zero-order valence-corrected chi connectivity index (χ0v) is 14.8. The maximum absolute atomic E-state index is 12.9. The molecule has 5 heteroatoms. The molecular formula is C21H24N2O3. The number of carbonyl (C=O) groups is 2. The van der Waals surface area contributed by atoms with Crippen LogP contribution in [0.3, 0.4) is 0 Å². The van der Waals surface area contributed by atoms with Gasteiger partial charge in [-0.1, -0.05) is 67.8 Å². The van der Waals surface area contributed by atoms with E-state index in [1.807, 2.05) is 48.5 Å². The molecule has 1 aliphatic rings. The number of amides is 2. The third-order valence-electron chi connectivity index (χ3n) is 4.60. The van der Waals surface area contributed by atoms with E-state index in [2.05, 4.69) is 5.43 Å². The van der Waals surface area contributed by atoms with Crippen molar-refractivity contribution in [2.75, 3.05) is 0 Å². The summed E-state index contributed by atoms with van der Waals surface area (Å²) in [6, 6.07) is 18.5. The Morgan fingerprint density at radius 2 is 1.54 bits per heavy atom. The number of hydrogen-bond acceptors (Lipinski definition) is 3. The Hall–Kier alpha value is -2.82. The molecule has 0 heterocycles. The zero-order chi connectivity index (χ0) is 18.2. The molecule has 136 valence electrons. The Bertz CT molecular complexity index is 713. The molecule has 0 unspecified atom stereocenters. The van der Waals surface area contributed by atoms with Gasteiger partial charge in [0.05, 0.1) is 6.04 Å². The minimum Gasteiger partial charge on any atom is -0.443 e. The van der Waals surface area contributed by atoms with Gasteiger partial charge in [-0.2, -0.15) is 0 Å². The number of ether oxygens (including phenoxy) is 1. The lowest BCUT2D eigenvalue weighted by molar-refractivity contribution is 0.0419. The second-order valence-corrected chi connectivity index (χ2v) is 6.51. The molecule has 0 atom stereocenters. The summed E-state index contributed by atoms with van der Waals surface area (Å²) < 4.78 is 5.29. The summed E-state index contributed by atoms with van der Waals surface area (Å²) in [6.07, 6.45) is 4.45. The van der Waals surface area contributed by atoms with E-state index in [-0.39, 0.29) is 18.6 Å². The van der Waals surface area contributed by atoms with Crippen molar-refractivity contribution in [1.29, 1.82) is 0 Å². The lowest BCUT2D eigenvalue weighted by Gasteiger charge is -2.33. The Morgan fingerprint density at radius 3 is 2.19 bits per heavy atom. The van der Waals surface area contributed by atoms with Crippen molar-refractivity contribution < 1.29 is 14.3 Å². The van der Waals surface area contributed by atoms with Crippen LogP contribution in [0.4, 0.5) is 4.79 Å². The van der Waals surface area contributed by atoms with Crippen molar-refractivity contribution in [3.05, 3.63) is 71.8 Å². The fraction of sp³-hybridized carbons (Fsp3) is 0.333. The second kappa shape index (κ2) is 9.04. The lowest BCUT2D eigenvalue weighted by atomic mass is 9.94. The molecule has 1 fully saturated rings. The molecule has 0 saturated heterocycles. The summed E-state index contributed by atoms with van der Waals surface area (Å²) in [5.74, 6) is -0.200. The van der Waals surface area contributed by atoms with Gasteiger partial charge in [0.25, 0.3) is 5.91 Å². The van der Waals surface area contributed by atoms with Crippen LogP contribution in [0.2, 0.25) is 0 Å². The van der Waals surface area contributed by atoms with E-state index in [0.717, 1.165) is 31.2 Å². The molecule has 5 nitrogen and oxygen atoms in total. The Balaban J connectivity index is 1.66. The molecule has 3 rings (SSSR count). The van der Waals surface area contributed by atoms with Crippen LogP contribution in [0.15, 0.2) is 60.7 Å². The highest BCUT2D eigenvalue weighted by Gasteiger charge is 2.28. The standard InChI is InChI=1S/C21H24N2O3/c24-20(18-12-6-2-7-13-18)23(19-14-8-3-9-15-19)22-21(25)26-16-17-10-4-1-5-11-17/h1-2,4-7,10-13,19H,3,8-9,14-16H2,(H,22,25). The van der Waals surface area contributed by atoms with Crippen molar-refractivity contribution in [3.8, 4) is 0 Å². The number of hydrazine groups is 1. The Morgan fingerprint density at radius 1 is 0.923 bits per heavy atom. The number of nitrogens with one attached hydrogen (secondary N) is 1. The third-order valence-corrected chi connectivity index (χ3v) is 4.60. The van der Waals surface area contributed by atoms with Gasteiger partial charge in [0, 0.05) is 5.56 Å². The van der Waals surface area contributed by atoms with E-state index in [1.165, 1.54) is 11.4 Å². The normalized spacial score (nSPS) is 14.5. The predicted molar refractivity (Wildman–Crippen MR) is 99.2 cm³/mol. The summed E-state index contributed by atoms with van der Waals surface area (Å²) in [5.41, 5.74) is 4.14. The maximum Gasteiger partial charge on any atom is 0.426 e. The minimum absolute atomic E-state index is 0.000677. The first-order chi connectivity index (χ1) is 12.7. The first kappa shape index (κ1) is 18.0. The number of rotatable bonds is 4. The number of carbonyl (C=O) groups excluding carboxylic acids is 2. The largest absolute Gasteiger partial charge is 0.443 e. The SMILES string of the molecule is O=C(NN(C(=O)c1ccccc1)C1CCCCC1)OCc1ccccc1. The molecule has 0 aromatic heterocycles. The van der Waals surface area contributed by atoms with E-state index in [9.17, 15) is 9.59 Å². The monoisotopic (exact) mass is 352 g/mol. The minimum atomic E-state index is -0.608. The smallest absolute Gasteiger partial charge is 0.426 e. The number of benzene rings is 2. The van der Waals surface area contributed by atoms with Crippen LogP contribution < -0.4 is 5.43 Å². The average Bonchev–Trinajstić information content (AvgIpc) is 2.72. The van der Waals surface area contributed by atoms with Crippen LogP contribution in [-0.2, 0) is 11.3 Å². The van der Waals surface area contributed by atoms with Gasteiger partial charge in [-0.25, -0.2) is 15.2 Å². The average molecular weight is 352 g/mol. The quantitative estimate of drug-likeness (QED) is 0.835. The van der Waals surface area contributed by atoms with Gasteiger partial charge in [-0.15, -0.1) is 0 Å². The van der Waals surface area contributed by atoms with Crippen LogP contribution in [0.25, 0.3) is 0 Å². The van der Waals surface area contributed by atoms with Gasteiger partial charge in [0.1, 0.15) is 6.61 Å². The second-order valence-electron chi connectivity index (χ2n) is 6.51. The summed E-state index contributed by atoms with van der Waals surface area (Å²) in [6.45, 7) is 0.171. The van der Waals surface area contributed by atoms with Gasteiger partial charge in [-0.05, 0) is 30.5 Å². The molecule has 0 spiro atoms. The van der Waals surface area contributed by atoms with Crippen LogP contribution in [0.1, 0.15) is 48.0 Å². The summed E-state index contributed by atoms with van der Waals surface area (Å²) in [4.78, 5) is 25.2. The van der Waals surface area contributed by atoms with Crippen molar-refractivity contribution in [1.82, 2.24) is 10.4 Å². The number of nitrogens with zero attached hydrogens (tertiary/aromatic N) is 1. The molecule has 1 saturated carbocycles. The summed E-state index contributed by atoms with van der Waals surface area (Å²) in [7, 11) is 0. The highest BCUT2D eigenvalue weighted by atomic mass is 16.6. The van der Waals surface area contributed by atoms with Crippen molar-refractivity contribution in [2.45, 2.75) is 44.8 Å². The fourth-order valence-corrected chi connectivity index (χ4v) is 3.22. The van der Waals surface area contributed by atoms with Gasteiger partial charge < -0.3 is 4.74 Å². The molecule has 2 aromatic rings. The van der Waals surface area contributed by atoms with Crippen molar-refractivity contribution >= 4 is 12.0 Å². The lowest BCUT2D eigenvalue weighted by Crippen LogP contribution is -2.52. The summed E-state index contributed by atoms with van der Waals surface area (Å²) in [5, 5.41) is 1.46. The molecule has 1 aliphatic carbocycles. The van der Waals surface area contributed by atoms with E-state index >= 15 is 0 Å². The van der Waals surface area contributed by atoms with E-state index in [1.54, 1.807) is 12.1 Å². The number of hydrogen-bond donors (Lipinski definition) is 1. The molecule has 1 N–H and O–H groups in total. The van der Waals surface area contributed by atoms with Crippen molar-refractivity contribution in [3.63, 3.8) is 0 Å². The highest BCUT2D eigenvalue weighted by molar-refractivity contribution is 5.95. The van der Waals surface area contributed by atoms with Crippen LogP contribution in [0.5, 0.6) is 0 Å². The van der Waals surface area contributed by atoms with E-state index < -0.39 is 6.09 Å². The van der Waals surface area contributed by atoms with Crippen LogP contribution in [0, 0.1) is 0 Å². The van der Waals surface area contributed by atoms with Crippen molar-refractivity contribution in [2.24, 2.45) is 0 Å².